The van der Waals surface area contributed by atoms with Crippen molar-refractivity contribution in [1.29, 1.82) is 0 Å². The second-order valence-electron chi connectivity index (χ2n) is 6.45. The van der Waals surface area contributed by atoms with Crippen molar-refractivity contribution >= 4 is 5.82 Å². The number of rotatable bonds is 6. The maximum atomic E-state index is 5.98. The minimum atomic E-state index is 0.583. The lowest BCUT2D eigenvalue weighted by Gasteiger charge is -2.32. The summed E-state index contributed by atoms with van der Waals surface area (Å²) in [5.74, 6) is 1.87. The molecule has 0 unspecified atom stereocenters. The molecule has 0 bridgehead atoms. The lowest BCUT2D eigenvalue weighted by atomic mass is 10.1. The van der Waals surface area contributed by atoms with E-state index in [2.05, 4.69) is 36.7 Å². The quantitative estimate of drug-likeness (QED) is 0.861. The zero-order chi connectivity index (χ0) is 14.5. The van der Waals surface area contributed by atoms with E-state index in [4.69, 9.17) is 5.73 Å². The molecule has 112 valence electrons. The second kappa shape index (κ2) is 7.07. The van der Waals surface area contributed by atoms with Gasteiger partial charge in [-0.3, -0.25) is 0 Å². The molecule has 1 aliphatic rings. The third-order valence-electron chi connectivity index (χ3n) is 4.46. The third-order valence-corrected chi connectivity index (χ3v) is 4.46. The number of aromatic nitrogens is 1. The van der Waals surface area contributed by atoms with Crippen molar-refractivity contribution in [3.8, 4) is 0 Å². The van der Waals surface area contributed by atoms with E-state index in [1.807, 2.05) is 6.20 Å². The van der Waals surface area contributed by atoms with Gasteiger partial charge in [-0.05, 0) is 43.7 Å². The molecule has 0 aliphatic heterocycles. The summed E-state index contributed by atoms with van der Waals surface area (Å²) < 4.78 is 0. The van der Waals surface area contributed by atoms with E-state index in [1.54, 1.807) is 0 Å². The van der Waals surface area contributed by atoms with Gasteiger partial charge in [-0.25, -0.2) is 4.98 Å². The lowest BCUT2D eigenvalue weighted by Crippen LogP contribution is -2.36. The third kappa shape index (κ3) is 3.51. The average Bonchev–Trinajstić information content (AvgIpc) is 2.93. The van der Waals surface area contributed by atoms with Crippen LogP contribution in [0.3, 0.4) is 0 Å². The molecule has 0 radical (unpaired) electrons. The number of aryl methyl sites for hydroxylation is 1. The van der Waals surface area contributed by atoms with Gasteiger partial charge >= 0.3 is 0 Å². The van der Waals surface area contributed by atoms with Crippen molar-refractivity contribution in [3.63, 3.8) is 0 Å². The zero-order valence-corrected chi connectivity index (χ0v) is 13.2. The molecule has 20 heavy (non-hydrogen) atoms. The molecule has 1 fully saturated rings. The molecule has 1 saturated carbocycles. The van der Waals surface area contributed by atoms with E-state index in [1.165, 1.54) is 43.2 Å². The number of hydrogen-bond acceptors (Lipinski definition) is 3. The molecule has 0 atom stereocenters. The molecule has 2 rings (SSSR count). The predicted octanol–water partition coefficient (Wildman–Crippen LogP) is 3.64. The zero-order valence-electron chi connectivity index (χ0n) is 13.2. The number of nitrogens with zero attached hydrogens (tertiary/aromatic N) is 2. The number of pyridine rings is 1. The van der Waals surface area contributed by atoms with Gasteiger partial charge in [0.05, 0.1) is 0 Å². The van der Waals surface area contributed by atoms with Crippen molar-refractivity contribution < 1.29 is 0 Å². The van der Waals surface area contributed by atoms with Crippen molar-refractivity contribution in [2.75, 3.05) is 11.4 Å². The highest BCUT2D eigenvalue weighted by Crippen LogP contribution is 2.30. The van der Waals surface area contributed by atoms with Gasteiger partial charge in [0.1, 0.15) is 5.82 Å². The second-order valence-corrected chi connectivity index (χ2v) is 6.45. The van der Waals surface area contributed by atoms with Gasteiger partial charge in [0.15, 0.2) is 0 Å². The summed E-state index contributed by atoms with van der Waals surface area (Å²) in [6, 6.07) is 2.73. The minimum absolute atomic E-state index is 0.583. The van der Waals surface area contributed by atoms with E-state index >= 15 is 0 Å². The Hall–Kier alpha value is -1.09. The monoisotopic (exact) mass is 275 g/mol. The van der Waals surface area contributed by atoms with Crippen LogP contribution in [-0.4, -0.2) is 17.6 Å². The first kappa shape index (κ1) is 15.3. The first-order valence-electron chi connectivity index (χ1n) is 8.04. The van der Waals surface area contributed by atoms with E-state index in [9.17, 15) is 0 Å². The number of hydrogen-bond donors (Lipinski definition) is 1. The molecule has 2 N–H and O–H groups in total. The number of nitrogens with two attached hydrogens (primary N) is 1. The van der Waals surface area contributed by atoms with Crippen molar-refractivity contribution in [2.24, 2.45) is 11.7 Å². The fourth-order valence-corrected chi connectivity index (χ4v) is 3.15. The van der Waals surface area contributed by atoms with E-state index in [0.29, 0.717) is 12.6 Å². The first-order chi connectivity index (χ1) is 9.63. The molecule has 1 aromatic heterocycles. The van der Waals surface area contributed by atoms with Crippen molar-refractivity contribution in [1.82, 2.24) is 4.98 Å². The highest BCUT2D eigenvalue weighted by atomic mass is 15.2. The van der Waals surface area contributed by atoms with Crippen LogP contribution >= 0.6 is 0 Å². The highest BCUT2D eigenvalue weighted by Gasteiger charge is 2.25. The summed E-state index contributed by atoms with van der Waals surface area (Å²) in [7, 11) is 0. The van der Waals surface area contributed by atoms with Gasteiger partial charge in [-0.1, -0.05) is 26.7 Å². The van der Waals surface area contributed by atoms with Gasteiger partial charge in [-0.15, -0.1) is 0 Å². The van der Waals surface area contributed by atoms with Crippen LogP contribution in [-0.2, 0) is 6.54 Å². The Morgan fingerprint density at radius 1 is 1.35 bits per heavy atom. The fourth-order valence-electron chi connectivity index (χ4n) is 3.15. The Morgan fingerprint density at radius 3 is 2.65 bits per heavy atom. The molecule has 1 aromatic rings. The van der Waals surface area contributed by atoms with Crippen LogP contribution < -0.4 is 10.6 Å². The van der Waals surface area contributed by atoms with E-state index in [-0.39, 0.29) is 0 Å². The fraction of sp³-hybridized carbons (Fsp3) is 0.706. The summed E-state index contributed by atoms with van der Waals surface area (Å²) in [4.78, 5) is 7.22. The molecule has 3 nitrogen and oxygen atoms in total. The summed E-state index contributed by atoms with van der Waals surface area (Å²) in [5, 5.41) is 0. The molecule has 1 aliphatic carbocycles. The van der Waals surface area contributed by atoms with Crippen LogP contribution in [0.5, 0.6) is 0 Å². The Labute approximate surface area is 123 Å². The molecular weight excluding hydrogens is 246 g/mol. The van der Waals surface area contributed by atoms with Crippen LogP contribution in [0.4, 0.5) is 5.82 Å². The Bertz CT molecular complexity index is 422. The van der Waals surface area contributed by atoms with Gasteiger partial charge in [-0.2, -0.15) is 0 Å². The first-order valence-corrected chi connectivity index (χ1v) is 8.04. The van der Waals surface area contributed by atoms with Gasteiger partial charge in [0, 0.05) is 30.9 Å². The van der Waals surface area contributed by atoms with E-state index in [0.717, 1.165) is 18.3 Å². The maximum Gasteiger partial charge on any atom is 0.133 e. The summed E-state index contributed by atoms with van der Waals surface area (Å²) in [5.41, 5.74) is 8.47. The molecule has 3 heteroatoms. The Morgan fingerprint density at radius 2 is 2.05 bits per heavy atom. The van der Waals surface area contributed by atoms with Crippen LogP contribution in [0.1, 0.15) is 57.1 Å². The summed E-state index contributed by atoms with van der Waals surface area (Å²) in [6.45, 7) is 8.41. The van der Waals surface area contributed by atoms with Crippen LogP contribution in [0.2, 0.25) is 0 Å². The smallest absolute Gasteiger partial charge is 0.133 e. The molecule has 1 heterocycles. The van der Waals surface area contributed by atoms with E-state index < -0.39 is 0 Å². The Kier molecular flexibility index (Phi) is 5.41. The predicted molar refractivity (Wildman–Crippen MR) is 85.9 cm³/mol. The summed E-state index contributed by atoms with van der Waals surface area (Å²) in [6.07, 6.45) is 8.46. The topological polar surface area (TPSA) is 42.2 Å². The molecule has 0 aromatic carbocycles. The van der Waals surface area contributed by atoms with Crippen molar-refractivity contribution in [2.45, 2.75) is 65.5 Å². The lowest BCUT2D eigenvalue weighted by molar-refractivity contribution is 0.523. The van der Waals surface area contributed by atoms with Crippen LogP contribution in [0.15, 0.2) is 12.3 Å². The minimum Gasteiger partial charge on any atom is -0.353 e. The summed E-state index contributed by atoms with van der Waals surface area (Å²) >= 11 is 0. The molecular formula is C17H29N3. The normalized spacial score (nSPS) is 16.1. The van der Waals surface area contributed by atoms with Crippen molar-refractivity contribution in [3.05, 3.63) is 23.4 Å². The van der Waals surface area contributed by atoms with Gasteiger partial charge < -0.3 is 10.6 Å². The maximum absolute atomic E-state index is 5.98. The molecule has 0 spiro atoms. The van der Waals surface area contributed by atoms with Crippen LogP contribution in [0, 0.1) is 12.8 Å². The standard InChI is InChI=1S/C17H29N3/c1-13(2)9-11-20(15-6-4-5-7-15)17-16(12-18)14(3)8-10-19-17/h8,10,13,15H,4-7,9,11-12,18H2,1-3H3. The molecule has 0 saturated heterocycles. The average molecular weight is 275 g/mol. The number of anilines is 1. The van der Waals surface area contributed by atoms with Crippen LogP contribution in [0.25, 0.3) is 0 Å². The van der Waals surface area contributed by atoms with Gasteiger partial charge in [0.25, 0.3) is 0 Å². The largest absolute Gasteiger partial charge is 0.353 e. The Balaban J connectivity index is 2.27. The highest BCUT2D eigenvalue weighted by molar-refractivity contribution is 5.51. The molecule has 0 amide bonds. The SMILES string of the molecule is Cc1ccnc(N(CCC(C)C)C2CCCC2)c1CN. The van der Waals surface area contributed by atoms with Gasteiger partial charge in [0.2, 0.25) is 0 Å².